The van der Waals surface area contributed by atoms with Crippen LogP contribution < -0.4 is 0 Å². The molecule has 0 heterocycles. The summed E-state index contributed by atoms with van der Waals surface area (Å²) in [6.45, 7) is 0.637. The first kappa shape index (κ1) is 14.0. The molecule has 0 atom stereocenters. The summed E-state index contributed by atoms with van der Waals surface area (Å²) >= 11 is 0. The van der Waals surface area contributed by atoms with Crippen molar-refractivity contribution in [3.8, 4) is 0 Å². The first-order valence-corrected chi connectivity index (χ1v) is 2.83. The van der Waals surface area contributed by atoms with Crippen LogP contribution in [-0.2, 0) is 17.1 Å². The van der Waals surface area contributed by atoms with Gasteiger partial charge in [0.15, 0.2) is 6.68 Å². The second-order valence-corrected chi connectivity index (χ2v) is 1.70. The molecule has 1 aromatic carbocycles. The molecule has 0 bridgehead atoms. The van der Waals surface area contributed by atoms with Gasteiger partial charge in [-0.25, -0.2) is 0 Å². The Hall–Kier alpha value is -0.601. The van der Waals surface area contributed by atoms with Gasteiger partial charge in [-0.1, -0.05) is 6.07 Å². The summed E-state index contributed by atoms with van der Waals surface area (Å²) in [6.07, 6.45) is 0. The molecule has 0 amide bonds. The first-order chi connectivity index (χ1) is 5.13. The molecule has 0 aliphatic carbocycles. The van der Waals surface area contributed by atoms with Crippen molar-refractivity contribution in [2.75, 3.05) is 0 Å². The fourth-order valence-electron chi connectivity index (χ4n) is 0.478. The maximum atomic E-state index is 9.58. The van der Waals surface area contributed by atoms with Crippen LogP contribution in [0.4, 0.5) is 13.2 Å². The molecule has 0 radical (unpaired) electrons. The van der Waals surface area contributed by atoms with Crippen molar-refractivity contribution < 1.29 is 30.2 Å². The second-order valence-electron chi connectivity index (χ2n) is 1.70. The molecular weight excluding hydrogens is 209 g/mol. The molecule has 1 rings (SSSR count). The minimum absolute atomic E-state index is 0. The van der Waals surface area contributed by atoms with Crippen LogP contribution in [-0.4, -0.2) is 0 Å². The average molecular weight is 216 g/mol. The van der Waals surface area contributed by atoms with Gasteiger partial charge in [0.2, 0.25) is 0 Å². The summed E-state index contributed by atoms with van der Waals surface area (Å²) in [4.78, 5) is 0. The molecule has 0 aliphatic heterocycles. The summed E-state index contributed by atoms with van der Waals surface area (Å²) in [5.74, 6) is 0. The van der Waals surface area contributed by atoms with Gasteiger partial charge in [-0.3, -0.25) is 0 Å². The zero-order valence-corrected chi connectivity index (χ0v) is 7.19. The van der Waals surface area contributed by atoms with E-state index in [9.17, 15) is 13.2 Å². The largest absolute Gasteiger partial charge is 2.00 e. The molecule has 0 saturated carbocycles. The van der Waals surface area contributed by atoms with E-state index in [1.807, 2.05) is 30.3 Å². The summed E-state index contributed by atoms with van der Waals surface area (Å²) in [6, 6.07) is 9.87. The molecule has 0 aliphatic rings. The standard InChI is InChI=1S/C7H7.CF3.Fe/c1-7-5-3-2-4-6-7;2-1(3)4;/h2-6H,1H2;;/q2*-1;+2. The SMILES string of the molecule is F[C-](F)F.[CH2-]c1ccccc1.[Fe+2]. The second kappa shape index (κ2) is 8.50. The van der Waals surface area contributed by atoms with Crippen molar-refractivity contribution in [2.45, 2.75) is 0 Å². The minimum atomic E-state index is -3.08. The first-order valence-electron chi connectivity index (χ1n) is 2.83. The monoisotopic (exact) mass is 216 g/mol. The van der Waals surface area contributed by atoms with Gasteiger partial charge in [0.25, 0.3) is 0 Å². The van der Waals surface area contributed by atoms with Gasteiger partial charge in [-0.05, 0) is 0 Å². The fourth-order valence-corrected chi connectivity index (χ4v) is 0.478. The van der Waals surface area contributed by atoms with E-state index in [0.717, 1.165) is 5.56 Å². The maximum absolute atomic E-state index is 9.58. The minimum Gasteiger partial charge on any atom is -0.385 e. The van der Waals surface area contributed by atoms with Crippen LogP contribution in [0.5, 0.6) is 0 Å². The van der Waals surface area contributed by atoms with E-state index in [2.05, 4.69) is 6.92 Å². The molecule has 0 saturated heterocycles. The molecule has 0 unspecified atom stereocenters. The molecule has 4 heteroatoms. The predicted octanol–water partition coefficient (Wildman–Crippen LogP) is 3.21. The number of hydrogen-bond acceptors (Lipinski definition) is 0. The van der Waals surface area contributed by atoms with E-state index in [-0.39, 0.29) is 17.1 Å². The molecule has 68 valence electrons. The summed E-state index contributed by atoms with van der Waals surface area (Å²) < 4.78 is 28.8. The van der Waals surface area contributed by atoms with Crippen molar-refractivity contribution in [1.29, 1.82) is 0 Å². The van der Waals surface area contributed by atoms with E-state index in [0.29, 0.717) is 0 Å². The van der Waals surface area contributed by atoms with Crippen molar-refractivity contribution in [1.82, 2.24) is 0 Å². The zero-order valence-electron chi connectivity index (χ0n) is 6.08. The van der Waals surface area contributed by atoms with Crippen LogP contribution in [0.2, 0.25) is 0 Å². The summed E-state index contributed by atoms with van der Waals surface area (Å²) in [5.41, 5.74) is 1.07. The van der Waals surface area contributed by atoms with Gasteiger partial charge in [0.05, 0.1) is 0 Å². The maximum Gasteiger partial charge on any atom is 2.00 e. The van der Waals surface area contributed by atoms with Crippen molar-refractivity contribution in [3.05, 3.63) is 49.5 Å². The number of rotatable bonds is 0. The van der Waals surface area contributed by atoms with E-state index >= 15 is 0 Å². The molecule has 0 spiro atoms. The zero-order chi connectivity index (χ0) is 8.69. The van der Waals surface area contributed by atoms with E-state index in [1.165, 1.54) is 0 Å². The van der Waals surface area contributed by atoms with Crippen LogP contribution in [0.15, 0.2) is 30.3 Å². The topological polar surface area (TPSA) is 0 Å². The van der Waals surface area contributed by atoms with E-state index in [1.54, 1.807) is 0 Å². The van der Waals surface area contributed by atoms with Crippen molar-refractivity contribution >= 4 is 0 Å². The summed E-state index contributed by atoms with van der Waals surface area (Å²) in [7, 11) is 0. The molecule has 0 N–H and O–H groups in total. The van der Waals surface area contributed by atoms with Gasteiger partial charge >= 0.3 is 17.1 Å². The quantitative estimate of drug-likeness (QED) is 0.461. The number of hydrogen-bond donors (Lipinski definition) is 0. The number of benzene rings is 1. The molecular formula is C8H7F3Fe. The van der Waals surface area contributed by atoms with E-state index < -0.39 is 6.68 Å². The van der Waals surface area contributed by atoms with Crippen LogP contribution in [0.3, 0.4) is 0 Å². The third-order valence-corrected chi connectivity index (χ3v) is 0.843. The van der Waals surface area contributed by atoms with Gasteiger partial charge in [-0.15, -0.1) is 12.1 Å². The third kappa shape index (κ3) is 12.1. The Morgan fingerprint density at radius 2 is 1.33 bits per heavy atom. The van der Waals surface area contributed by atoms with Crippen molar-refractivity contribution in [2.24, 2.45) is 0 Å². The molecule has 12 heavy (non-hydrogen) atoms. The van der Waals surface area contributed by atoms with Crippen molar-refractivity contribution in [3.63, 3.8) is 0 Å². The summed E-state index contributed by atoms with van der Waals surface area (Å²) in [5, 5.41) is 0. The van der Waals surface area contributed by atoms with Gasteiger partial charge in [0.1, 0.15) is 0 Å². The Labute approximate surface area is 80.3 Å². The normalized spacial score (nSPS) is 8.00. The smallest absolute Gasteiger partial charge is 0.385 e. The van der Waals surface area contributed by atoms with Gasteiger partial charge in [-0.2, -0.15) is 24.6 Å². The molecule has 0 fully saturated rings. The van der Waals surface area contributed by atoms with Crippen LogP contribution >= 0.6 is 0 Å². The third-order valence-electron chi connectivity index (χ3n) is 0.843. The Kier molecular flexibility index (Phi) is 9.88. The Morgan fingerprint density at radius 3 is 1.50 bits per heavy atom. The van der Waals surface area contributed by atoms with Crippen LogP contribution in [0, 0.1) is 13.6 Å². The molecule has 0 nitrogen and oxygen atoms in total. The van der Waals surface area contributed by atoms with E-state index in [4.69, 9.17) is 0 Å². The fraction of sp³-hybridized carbons (Fsp3) is 0. The van der Waals surface area contributed by atoms with Crippen LogP contribution in [0.25, 0.3) is 0 Å². The Bertz CT molecular complexity index is 174. The number of halogens is 3. The molecule has 1 aromatic rings. The van der Waals surface area contributed by atoms with Crippen LogP contribution in [0.1, 0.15) is 5.56 Å². The van der Waals surface area contributed by atoms with Gasteiger partial charge < -0.3 is 13.2 Å². The van der Waals surface area contributed by atoms with Gasteiger partial charge in [0, 0.05) is 0 Å². The Morgan fingerprint density at radius 1 is 1.00 bits per heavy atom. The Balaban J connectivity index is 0. The molecule has 0 aromatic heterocycles. The predicted molar refractivity (Wildman–Crippen MR) is 37.5 cm³/mol. The average Bonchev–Trinajstić information content (AvgIpc) is 1.87.